The van der Waals surface area contributed by atoms with Gasteiger partial charge in [-0.3, -0.25) is 4.90 Å². The molecule has 2 aliphatic rings. The number of benzene rings is 1. The van der Waals surface area contributed by atoms with Crippen molar-refractivity contribution in [1.82, 2.24) is 9.88 Å². The minimum absolute atomic E-state index is 0. The van der Waals surface area contributed by atoms with Gasteiger partial charge in [0.25, 0.3) is 0 Å². The van der Waals surface area contributed by atoms with Crippen LogP contribution in [0.1, 0.15) is 30.6 Å². The van der Waals surface area contributed by atoms with Crippen LogP contribution in [-0.2, 0) is 11.2 Å². The minimum Gasteiger partial charge on any atom is -0.371 e. The fraction of sp³-hybridized carbons (Fsp3) is 0.500. The molecule has 3 nitrogen and oxygen atoms in total. The van der Waals surface area contributed by atoms with Gasteiger partial charge in [0.2, 0.25) is 0 Å². The molecule has 0 amide bonds. The Labute approximate surface area is 139 Å². The molecular weight excluding hydrogens is 352 g/mol. The summed E-state index contributed by atoms with van der Waals surface area (Å²) in [5.74, 6) is 0. The molecule has 114 valence electrons. The minimum atomic E-state index is 0. The molecule has 1 aliphatic heterocycles. The van der Waals surface area contributed by atoms with E-state index < -0.39 is 0 Å². The van der Waals surface area contributed by atoms with Crippen LogP contribution in [0, 0.1) is 0 Å². The van der Waals surface area contributed by atoms with Crippen LogP contribution in [0.2, 0.25) is 0 Å². The number of hydrogen-bond donors (Lipinski definition) is 1. The zero-order valence-corrected chi connectivity index (χ0v) is 14.5. The third kappa shape index (κ3) is 2.33. The maximum atomic E-state index is 6.14. The van der Waals surface area contributed by atoms with Crippen molar-refractivity contribution in [2.24, 2.45) is 0 Å². The third-order valence-corrected chi connectivity index (χ3v) is 5.31. The van der Waals surface area contributed by atoms with Crippen molar-refractivity contribution >= 4 is 39.2 Å². The molecule has 1 fully saturated rings. The summed E-state index contributed by atoms with van der Waals surface area (Å²) in [7, 11) is 0. The van der Waals surface area contributed by atoms with E-state index in [2.05, 4.69) is 50.9 Å². The summed E-state index contributed by atoms with van der Waals surface area (Å²) in [6.45, 7) is 5.32. The SMILES string of the molecule is CCCN1CCO[C@@H]2c3cccc4[nH]c(Br)c(c34)C[C@H]21.Cl. The first-order valence-corrected chi connectivity index (χ1v) is 8.23. The molecule has 5 heteroatoms. The van der Waals surface area contributed by atoms with Crippen molar-refractivity contribution in [3.63, 3.8) is 0 Å². The van der Waals surface area contributed by atoms with Gasteiger partial charge in [-0.05, 0) is 52.5 Å². The second-order valence-electron chi connectivity index (χ2n) is 5.79. The zero-order chi connectivity index (χ0) is 13.7. The number of fused-ring (bicyclic) bond motifs is 2. The maximum Gasteiger partial charge on any atom is 0.0990 e. The Morgan fingerprint density at radius 2 is 2.29 bits per heavy atom. The van der Waals surface area contributed by atoms with Crippen molar-refractivity contribution in [2.45, 2.75) is 31.9 Å². The molecule has 0 radical (unpaired) electrons. The van der Waals surface area contributed by atoms with E-state index in [9.17, 15) is 0 Å². The standard InChI is InChI=1S/C16H19BrN2O.ClH/c1-2-6-19-7-8-20-15-10-4-3-5-12-14(10)11(9-13(15)19)16(17)18-12;/h3-5,13,15,18H,2,6-9H2,1H3;1H/t13-,15-;/m1./s1. The number of ether oxygens (including phenoxy) is 1. The lowest BCUT2D eigenvalue weighted by molar-refractivity contribution is -0.0740. The number of nitrogens with one attached hydrogen (secondary N) is 1. The average Bonchev–Trinajstić information content (AvgIpc) is 2.78. The molecule has 0 saturated carbocycles. The van der Waals surface area contributed by atoms with Gasteiger partial charge in [-0.15, -0.1) is 12.4 Å². The van der Waals surface area contributed by atoms with Crippen molar-refractivity contribution in [3.8, 4) is 0 Å². The van der Waals surface area contributed by atoms with Gasteiger partial charge in [0.1, 0.15) is 0 Å². The Kier molecular flexibility index (Phi) is 4.33. The Balaban J connectivity index is 0.00000132. The molecule has 0 unspecified atom stereocenters. The van der Waals surface area contributed by atoms with E-state index >= 15 is 0 Å². The number of hydrogen-bond acceptors (Lipinski definition) is 2. The van der Waals surface area contributed by atoms with Gasteiger partial charge in [0.05, 0.1) is 17.3 Å². The van der Waals surface area contributed by atoms with E-state index in [1.54, 1.807) is 0 Å². The van der Waals surface area contributed by atoms with Crippen molar-refractivity contribution < 1.29 is 4.74 Å². The monoisotopic (exact) mass is 370 g/mol. The van der Waals surface area contributed by atoms with Crippen molar-refractivity contribution in [2.75, 3.05) is 19.7 Å². The highest BCUT2D eigenvalue weighted by Crippen LogP contribution is 2.43. The second kappa shape index (κ2) is 5.92. The smallest absolute Gasteiger partial charge is 0.0990 e. The lowest BCUT2D eigenvalue weighted by Crippen LogP contribution is -2.49. The number of nitrogens with zero attached hydrogens (tertiary/aromatic N) is 1. The molecule has 1 N–H and O–H groups in total. The first kappa shape index (κ1) is 15.3. The van der Waals surface area contributed by atoms with Crippen molar-refractivity contribution in [1.29, 1.82) is 0 Å². The number of rotatable bonds is 2. The van der Waals surface area contributed by atoms with Gasteiger partial charge in [0, 0.05) is 23.5 Å². The Hall–Kier alpha value is -0.550. The number of morpholine rings is 1. The molecule has 2 atom stereocenters. The van der Waals surface area contributed by atoms with Crippen LogP contribution >= 0.6 is 28.3 Å². The number of H-pyrrole nitrogens is 1. The van der Waals surface area contributed by atoms with Gasteiger partial charge in [-0.25, -0.2) is 0 Å². The van der Waals surface area contributed by atoms with E-state index in [0.29, 0.717) is 6.04 Å². The third-order valence-electron chi connectivity index (χ3n) is 4.63. The molecule has 21 heavy (non-hydrogen) atoms. The molecule has 1 aromatic carbocycles. The summed E-state index contributed by atoms with van der Waals surface area (Å²) in [5, 5.41) is 1.37. The van der Waals surface area contributed by atoms with Gasteiger partial charge >= 0.3 is 0 Å². The molecule has 0 bridgehead atoms. The highest BCUT2D eigenvalue weighted by atomic mass is 79.9. The molecule has 2 heterocycles. The maximum absolute atomic E-state index is 6.14. The van der Waals surface area contributed by atoms with E-state index in [1.165, 1.54) is 28.5 Å². The molecule has 1 saturated heterocycles. The van der Waals surface area contributed by atoms with Gasteiger partial charge in [-0.2, -0.15) is 0 Å². The van der Waals surface area contributed by atoms with E-state index in [0.717, 1.165) is 30.7 Å². The first-order chi connectivity index (χ1) is 9.79. The molecule has 1 aromatic heterocycles. The Morgan fingerprint density at radius 3 is 3.10 bits per heavy atom. The van der Waals surface area contributed by atoms with E-state index in [1.807, 2.05) is 0 Å². The molecular formula is C16H20BrClN2O. The predicted octanol–water partition coefficient (Wildman–Crippen LogP) is 4.06. The first-order valence-electron chi connectivity index (χ1n) is 7.44. The van der Waals surface area contributed by atoms with E-state index in [-0.39, 0.29) is 18.5 Å². The number of halogens is 2. The summed E-state index contributed by atoms with van der Waals surface area (Å²) in [6.07, 6.45) is 2.51. The summed E-state index contributed by atoms with van der Waals surface area (Å²) >= 11 is 3.70. The van der Waals surface area contributed by atoms with Crippen molar-refractivity contribution in [3.05, 3.63) is 33.9 Å². The van der Waals surface area contributed by atoms with Gasteiger partial charge < -0.3 is 9.72 Å². The highest BCUT2D eigenvalue weighted by Gasteiger charge is 2.38. The molecule has 4 rings (SSSR count). The van der Waals surface area contributed by atoms with E-state index in [4.69, 9.17) is 4.74 Å². The second-order valence-corrected chi connectivity index (χ2v) is 6.58. The number of aromatic amines is 1. The Morgan fingerprint density at radius 1 is 1.43 bits per heavy atom. The van der Waals surface area contributed by atoms with Gasteiger partial charge in [-0.1, -0.05) is 19.1 Å². The number of aromatic nitrogens is 1. The predicted molar refractivity (Wildman–Crippen MR) is 91.3 cm³/mol. The van der Waals surface area contributed by atoms with Crippen LogP contribution in [0.5, 0.6) is 0 Å². The highest BCUT2D eigenvalue weighted by molar-refractivity contribution is 9.10. The summed E-state index contributed by atoms with van der Waals surface area (Å²) < 4.78 is 7.28. The van der Waals surface area contributed by atoms with Crippen LogP contribution < -0.4 is 0 Å². The topological polar surface area (TPSA) is 28.3 Å². The fourth-order valence-electron chi connectivity index (χ4n) is 3.82. The fourth-order valence-corrected chi connectivity index (χ4v) is 4.39. The van der Waals surface area contributed by atoms with Crippen LogP contribution in [0.15, 0.2) is 22.8 Å². The zero-order valence-electron chi connectivity index (χ0n) is 12.1. The quantitative estimate of drug-likeness (QED) is 0.862. The average molecular weight is 372 g/mol. The Bertz CT molecular complexity index is 655. The summed E-state index contributed by atoms with van der Waals surface area (Å²) in [6, 6.07) is 7.00. The molecule has 2 aromatic rings. The van der Waals surface area contributed by atoms with Gasteiger partial charge in [0.15, 0.2) is 0 Å². The largest absolute Gasteiger partial charge is 0.371 e. The molecule has 0 spiro atoms. The summed E-state index contributed by atoms with van der Waals surface area (Å²) in [4.78, 5) is 6.06. The van der Waals surface area contributed by atoms with Crippen LogP contribution in [0.3, 0.4) is 0 Å². The summed E-state index contributed by atoms with van der Waals surface area (Å²) in [5.41, 5.74) is 4.00. The normalized spacial score (nSPS) is 24.7. The lowest BCUT2D eigenvalue weighted by atomic mass is 9.85. The van der Waals surface area contributed by atoms with Crippen LogP contribution in [-0.4, -0.2) is 35.6 Å². The van der Waals surface area contributed by atoms with Crippen LogP contribution in [0.25, 0.3) is 10.9 Å². The lowest BCUT2D eigenvalue weighted by Gasteiger charge is -2.43. The molecule has 1 aliphatic carbocycles. The van der Waals surface area contributed by atoms with Crippen LogP contribution in [0.4, 0.5) is 0 Å².